The Hall–Kier alpha value is -7.31. The van der Waals surface area contributed by atoms with Gasteiger partial charge in [0.1, 0.15) is 11.5 Å². The van der Waals surface area contributed by atoms with E-state index in [2.05, 4.69) is 202 Å². The minimum Gasteiger partial charge on any atom is -0.458 e. The average Bonchev–Trinajstić information content (AvgIpc) is 3.90. The highest BCUT2D eigenvalue weighted by molar-refractivity contribution is 6.99. The number of nitrogens with zero attached hydrogens (tertiary/aromatic N) is 4. The van der Waals surface area contributed by atoms with Gasteiger partial charge in [-0.15, -0.1) is 0 Å². The molecule has 0 saturated heterocycles. The molecule has 0 bridgehead atoms. The zero-order valence-electron chi connectivity index (χ0n) is 29.7. The van der Waals surface area contributed by atoms with E-state index in [0.717, 1.165) is 61.6 Å². The fourth-order valence-corrected chi connectivity index (χ4v) is 9.15. The molecule has 12 rings (SSSR count). The lowest BCUT2D eigenvalue weighted by Crippen LogP contribution is -2.55. The van der Waals surface area contributed by atoms with Crippen LogP contribution in [0.2, 0.25) is 0 Å². The van der Waals surface area contributed by atoms with Crippen molar-refractivity contribution < 1.29 is 4.74 Å². The first kappa shape index (κ1) is 30.2. The summed E-state index contributed by atoms with van der Waals surface area (Å²) in [5, 5.41) is 2.49. The molecule has 256 valence electrons. The Balaban J connectivity index is 1.15. The fourth-order valence-electron chi connectivity index (χ4n) is 9.15. The predicted octanol–water partition coefficient (Wildman–Crippen LogP) is 9.82. The van der Waals surface area contributed by atoms with Gasteiger partial charge < -0.3 is 9.30 Å². The molecule has 8 aromatic carbocycles. The van der Waals surface area contributed by atoms with Crippen LogP contribution < -0.4 is 21.1 Å². The third-order valence-corrected chi connectivity index (χ3v) is 11.4. The zero-order chi connectivity index (χ0) is 36.0. The lowest BCUT2D eigenvalue weighted by Gasteiger charge is -2.28. The van der Waals surface area contributed by atoms with Crippen LogP contribution in [-0.4, -0.2) is 25.2 Å². The Morgan fingerprint density at radius 2 is 1.02 bits per heavy atom. The maximum absolute atomic E-state index is 6.78. The summed E-state index contributed by atoms with van der Waals surface area (Å²) in [4.78, 5) is 5.56. The standard InChI is InChI=1S/C49H31BN4O/c1-2-16-32(17-3-1)52-42-27-13-14-28-43(42)54-44-30-31-46-47(48(44)51-49(52)54)50(38-23-9-15-29-45(38)55-46)37-22-8-4-18-33(37)34-19-5-10-24-39(34)53-40-25-11-6-20-35(40)36-21-7-12-26-41(36)53/h1-31H. The van der Waals surface area contributed by atoms with E-state index in [0.29, 0.717) is 0 Å². The molecule has 0 aliphatic carbocycles. The van der Waals surface area contributed by atoms with Crippen molar-refractivity contribution in [1.29, 1.82) is 0 Å². The Morgan fingerprint density at radius 1 is 0.418 bits per heavy atom. The molecule has 0 spiro atoms. The Labute approximate surface area is 317 Å². The smallest absolute Gasteiger partial charge is 0.254 e. The van der Waals surface area contributed by atoms with Crippen molar-refractivity contribution in [1.82, 2.24) is 18.5 Å². The Bertz CT molecular complexity index is 3270. The Kier molecular flexibility index (Phi) is 6.36. The van der Waals surface area contributed by atoms with Gasteiger partial charge in [0, 0.05) is 27.5 Å². The molecule has 6 heteroatoms. The normalized spacial score (nSPS) is 12.5. The van der Waals surface area contributed by atoms with Gasteiger partial charge in [-0.1, -0.05) is 133 Å². The van der Waals surface area contributed by atoms with Crippen molar-refractivity contribution in [3.8, 4) is 34.0 Å². The highest BCUT2D eigenvalue weighted by Gasteiger charge is 2.37. The van der Waals surface area contributed by atoms with Gasteiger partial charge in [0.25, 0.3) is 6.71 Å². The first-order valence-electron chi connectivity index (χ1n) is 18.8. The van der Waals surface area contributed by atoms with Crippen LogP contribution in [0.15, 0.2) is 188 Å². The highest BCUT2D eigenvalue weighted by Crippen LogP contribution is 2.37. The number of hydrogen-bond donors (Lipinski definition) is 0. The molecule has 1 aliphatic heterocycles. The summed E-state index contributed by atoms with van der Waals surface area (Å²) < 4.78 is 13.8. The second kappa shape index (κ2) is 11.6. The van der Waals surface area contributed by atoms with Gasteiger partial charge >= 0.3 is 0 Å². The molecule has 0 radical (unpaired) electrons. The van der Waals surface area contributed by atoms with Crippen molar-refractivity contribution in [2.75, 3.05) is 0 Å². The van der Waals surface area contributed by atoms with Crippen LogP contribution in [0.3, 0.4) is 0 Å². The molecular formula is C49H31BN4O. The van der Waals surface area contributed by atoms with Crippen LogP contribution in [-0.2, 0) is 0 Å². The summed E-state index contributed by atoms with van der Waals surface area (Å²) in [5.41, 5.74) is 14.5. The highest BCUT2D eigenvalue weighted by atomic mass is 16.5. The molecule has 0 atom stereocenters. The summed E-state index contributed by atoms with van der Waals surface area (Å²) in [6.07, 6.45) is 0. The first-order chi connectivity index (χ1) is 27.3. The maximum Gasteiger partial charge on any atom is 0.254 e. The summed E-state index contributed by atoms with van der Waals surface area (Å²) in [7, 11) is 0. The summed E-state index contributed by atoms with van der Waals surface area (Å²) >= 11 is 0. The monoisotopic (exact) mass is 702 g/mol. The molecule has 0 fully saturated rings. The van der Waals surface area contributed by atoms with Crippen LogP contribution >= 0.6 is 0 Å². The minimum atomic E-state index is -0.151. The zero-order valence-corrected chi connectivity index (χ0v) is 29.7. The number of hydrogen-bond acceptors (Lipinski definition) is 2. The largest absolute Gasteiger partial charge is 0.458 e. The number of imidazole rings is 2. The third kappa shape index (κ3) is 4.28. The number of para-hydroxylation sites is 7. The summed E-state index contributed by atoms with van der Waals surface area (Å²) in [5.74, 6) is 2.57. The lowest BCUT2D eigenvalue weighted by atomic mass is 9.34. The van der Waals surface area contributed by atoms with Crippen molar-refractivity contribution in [3.63, 3.8) is 0 Å². The second-order valence-electron chi connectivity index (χ2n) is 14.3. The van der Waals surface area contributed by atoms with Crippen molar-refractivity contribution >= 4 is 72.8 Å². The van der Waals surface area contributed by atoms with E-state index in [4.69, 9.17) is 9.72 Å². The number of aromatic nitrogens is 4. The minimum absolute atomic E-state index is 0.151. The van der Waals surface area contributed by atoms with E-state index in [9.17, 15) is 0 Å². The van der Waals surface area contributed by atoms with E-state index in [1.807, 2.05) is 0 Å². The van der Waals surface area contributed by atoms with Crippen LogP contribution in [0.25, 0.3) is 72.2 Å². The van der Waals surface area contributed by atoms with Crippen LogP contribution in [0, 0.1) is 0 Å². The third-order valence-electron chi connectivity index (χ3n) is 11.4. The average molecular weight is 703 g/mol. The van der Waals surface area contributed by atoms with Gasteiger partial charge in [-0.2, -0.15) is 0 Å². The van der Waals surface area contributed by atoms with Crippen LogP contribution in [0.4, 0.5) is 0 Å². The van der Waals surface area contributed by atoms with Gasteiger partial charge in [-0.3, -0.25) is 8.97 Å². The number of ether oxygens (including phenoxy) is 1. The van der Waals surface area contributed by atoms with Crippen molar-refractivity contribution in [2.24, 2.45) is 0 Å². The lowest BCUT2D eigenvalue weighted by molar-refractivity contribution is 0.488. The SMILES string of the molecule is c1ccc(-n2c3ccccc3n3c4ccc5c(c4nc23)B(c2ccccc2-c2ccccc2-n2c3ccccc3c3ccccc32)c2ccccc2O5)cc1. The first-order valence-corrected chi connectivity index (χ1v) is 18.8. The van der Waals surface area contributed by atoms with Gasteiger partial charge in [0.2, 0.25) is 5.78 Å². The molecule has 1 aliphatic rings. The second-order valence-corrected chi connectivity index (χ2v) is 14.3. The number of fused-ring (bicyclic) bond motifs is 11. The topological polar surface area (TPSA) is 36.4 Å². The van der Waals surface area contributed by atoms with Gasteiger partial charge in [0.15, 0.2) is 0 Å². The Morgan fingerprint density at radius 3 is 1.80 bits per heavy atom. The van der Waals surface area contributed by atoms with Crippen molar-refractivity contribution in [2.45, 2.75) is 0 Å². The maximum atomic E-state index is 6.78. The molecule has 0 N–H and O–H groups in total. The molecule has 0 amide bonds. The van der Waals surface area contributed by atoms with Gasteiger partial charge in [-0.25, -0.2) is 4.98 Å². The van der Waals surface area contributed by atoms with Gasteiger partial charge in [-0.05, 0) is 71.7 Å². The summed E-state index contributed by atoms with van der Waals surface area (Å²) in [6.45, 7) is -0.151. The number of rotatable bonds is 4. The van der Waals surface area contributed by atoms with Gasteiger partial charge in [0.05, 0.1) is 38.8 Å². The van der Waals surface area contributed by atoms with E-state index in [1.165, 1.54) is 38.4 Å². The molecular weight excluding hydrogens is 671 g/mol. The fraction of sp³-hybridized carbons (Fsp3) is 0. The van der Waals surface area contributed by atoms with E-state index in [1.54, 1.807) is 0 Å². The van der Waals surface area contributed by atoms with Crippen LogP contribution in [0.1, 0.15) is 0 Å². The molecule has 3 aromatic heterocycles. The van der Waals surface area contributed by atoms with E-state index < -0.39 is 0 Å². The van der Waals surface area contributed by atoms with Crippen molar-refractivity contribution in [3.05, 3.63) is 188 Å². The molecule has 11 aromatic rings. The molecule has 5 nitrogen and oxygen atoms in total. The summed E-state index contributed by atoms with van der Waals surface area (Å²) in [6, 6.07) is 67.0. The molecule has 4 heterocycles. The predicted molar refractivity (Wildman–Crippen MR) is 227 cm³/mol. The van der Waals surface area contributed by atoms with Crippen LogP contribution in [0.5, 0.6) is 11.5 Å². The quantitative estimate of drug-likeness (QED) is 0.171. The van der Waals surface area contributed by atoms with E-state index in [-0.39, 0.29) is 6.71 Å². The van der Waals surface area contributed by atoms with E-state index >= 15 is 0 Å². The number of benzene rings is 8. The molecule has 55 heavy (non-hydrogen) atoms. The molecule has 0 saturated carbocycles. The molecule has 0 unspecified atom stereocenters.